The molecule has 2 rings (SSSR count). The van der Waals surface area contributed by atoms with Crippen molar-refractivity contribution in [1.29, 1.82) is 0 Å². The minimum atomic E-state index is -3.60. The van der Waals surface area contributed by atoms with E-state index < -0.39 is 10.0 Å². The maximum absolute atomic E-state index is 11.7. The van der Waals surface area contributed by atoms with Gasteiger partial charge in [-0.15, -0.1) is 0 Å². The molecule has 0 spiro atoms. The first-order chi connectivity index (χ1) is 7.58. The summed E-state index contributed by atoms with van der Waals surface area (Å²) in [6, 6.07) is 3.25. The van der Waals surface area contributed by atoms with Crippen LogP contribution in [-0.4, -0.2) is 23.6 Å². The third-order valence-electron chi connectivity index (χ3n) is 1.75. The number of nitrogens with one attached hydrogen (secondary N) is 2. The predicted octanol–water partition coefficient (Wildman–Crippen LogP) is 1.37. The molecule has 2 aromatic rings. The number of sulfonamides is 1. The van der Waals surface area contributed by atoms with Gasteiger partial charge in [-0.1, -0.05) is 0 Å². The molecule has 0 saturated heterocycles. The zero-order valence-electron chi connectivity index (χ0n) is 7.88. The van der Waals surface area contributed by atoms with Crippen LogP contribution in [0.2, 0.25) is 0 Å². The highest BCUT2D eigenvalue weighted by atomic mass is 79.9. The molecule has 0 bridgehead atoms. The largest absolute Gasteiger partial charge is 0.284 e. The van der Waals surface area contributed by atoms with E-state index in [0.717, 1.165) is 4.47 Å². The third kappa shape index (κ3) is 2.39. The summed E-state index contributed by atoms with van der Waals surface area (Å²) < 4.78 is 26.6. The molecule has 8 heteroatoms. The van der Waals surface area contributed by atoms with Gasteiger partial charge in [0, 0.05) is 16.9 Å². The summed E-state index contributed by atoms with van der Waals surface area (Å²) in [5.74, 6) is 0.254. The molecule has 0 amide bonds. The first kappa shape index (κ1) is 11.1. The molecular formula is C8H7BrN4O2S. The van der Waals surface area contributed by atoms with Crippen LogP contribution in [0.25, 0.3) is 0 Å². The van der Waals surface area contributed by atoms with E-state index in [4.69, 9.17) is 0 Å². The van der Waals surface area contributed by atoms with Gasteiger partial charge >= 0.3 is 0 Å². The van der Waals surface area contributed by atoms with E-state index in [9.17, 15) is 8.42 Å². The molecule has 6 nitrogen and oxygen atoms in total. The molecule has 84 valence electrons. The number of halogens is 1. The van der Waals surface area contributed by atoms with E-state index in [0.29, 0.717) is 0 Å². The molecule has 2 heterocycles. The van der Waals surface area contributed by atoms with Crippen molar-refractivity contribution in [1.82, 2.24) is 15.2 Å². The lowest BCUT2D eigenvalue weighted by Gasteiger charge is -2.04. The van der Waals surface area contributed by atoms with Crippen molar-refractivity contribution in [2.75, 3.05) is 4.72 Å². The number of rotatable bonds is 3. The minimum absolute atomic E-state index is 0.0669. The van der Waals surface area contributed by atoms with Crippen LogP contribution in [0.1, 0.15) is 0 Å². The zero-order valence-corrected chi connectivity index (χ0v) is 10.3. The highest BCUT2D eigenvalue weighted by Gasteiger charge is 2.15. The Morgan fingerprint density at radius 1 is 1.31 bits per heavy atom. The first-order valence-electron chi connectivity index (χ1n) is 4.21. The van der Waals surface area contributed by atoms with Crippen LogP contribution < -0.4 is 4.72 Å². The molecule has 2 N–H and O–H groups in total. The number of hydrogen-bond acceptors (Lipinski definition) is 4. The van der Waals surface area contributed by atoms with E-state index >= 15 is 0 Å². The highest BCUT2D eigenvalue weighted by molar-refractivity contribution is 9.10. The molecule has 0 fully saturated rings. The van der Waals surface area contributed by atoms with Crippen molar-refractivity contribution in [3.63, 3.8) is 0 Å². The Balaban J connectivity index is 2.25. The van der Waals surface area contributed by atoms with E-state index in [1.54, 1.807) is 12.1 Å². The number of pyridine rings is 1. The molecule has 0 aliphatic carbocycles. The standard InChI is InChI=1S/C8H7BrN4O2S/c9-6-1-2-8(10-3-6)13-16(14,15)7-4-11-12-5-7/h1-5H,(H,10,13)(H,11,12). The van der Waals surface area contributed by atoms with Gasteiger partial charge in [-0.2, -0.15) is 5.10 Å². The van der Waals surface area contributed by atoms with Crippen LogP contribution in [0.5, 0.6) is 0 Å². The molecule has 0 radical (unpaired) electrons. The summed E-state index contributed by atoms with van der Waals surface area (Å²) in [6.07, 6.45) is 4.02. The fraction of sp³-hybridized carbons (Fsp3) is 0. The van der Waals surface area contributed by atoms with Gasteiger partial charge in [-0.25, -0.2) is 13.4 Å². The van der Waals surface area contributed by atoms with Gasteiger partial charge in [0.25, 0.3) is 10.0 Å². The van der Waals surface area contributed by atoms with Crippen LogP contribution in [0.3, 0.4) is 0 Å². The average molecular weight is 303 g/mol. The van der Waals surface area contributed by atoms with Crippen molar-refractivity contribution in [3.05, 3.63) is 35.2 Å². The van der Waals surface area contributed by atoms with Gasteiger partial charge < -0.3 is 0 Å². The summed E-state index contributed by atoms with van der Waals surface area (Å²) in [4.78, 5) is 3.97. The van der Waals surface area contributed by atoms with Crippen molar-refractivity contribution < 1.29 is 8.42 Å². The molecule has 0 saturated carbocycles. The Labute approximate surface area is 100 Å². The SMILES string of the molecule is O=S(=O)(Nc1ccc(Br)cn1)c1cn[nH]c1. The second kappa shape index (κ2) is 4.22. The number of aromatic nitrogens is 3. The first-order valence-corrected chi connectivity index (χ1v) is 6.49. The number of nitrogens with zero attached hydrogens (tertiary/aromatic N) is 2. The molecule has 2 aromatic heterocycles. The normalized spacial score (nSPS) is 11.3. The predicted molar refractivity (Wildman–Crippen MR) is 61.3 cm³/mol. The second-order valence-corrected chi connectivity index (χ2v) is 5.50. The molecule has 0 aliphatic rings. The zero-order chi connectivity index (χ0) is 11.6. The van der Waals surface area contributed by atoms with Gasteiger partial charge in [-0.05, 0) is 28.1 Å². The number of anilines is 1. The fourth-order valence-corrected chi connectivity index (χ4v) is 2.17. The van der Waals surface area contributed by atoms with Crippen molar-refractivity contribution in [2.45, 2.75) is 4.90 Å². The number of aromatic amines is 1. The molecule has 16 heavy (non-hydrogen) atoms. The summed E-state index contributed by atoms with van der Waals surface area (Å²) in [7, 11) is -3.60. The van der Waals surface area contributed by atoms with Gasteiger partial charge in [0.1, 0.15) is 10.7 Å². The van der Waals surface area contributed by atoms with Gasteiger partial charge in [0.2, 0.25) is 0 Å². The van der Waals surface area contributed by atoms with E-state index in [1.165, 1.54) is 18.6 Å². The van der Waals surface area contributed by atoms with Gasteiger partial charge in [0.05, 0.1) is 6.20 Å². The Bertz CT molecular complexity index is 565. The van der Waals surface area contributed by atoms with Crippen molar-refractivity contribution in [3.8, 4) is 0 Å². The quantitative estimate of drug-likeness (QED) is 0.896. The molecule has 0 aliphatic heterocycles. The van der Waals surface area contributed by atoms with E-state index in [1.807, 2.05) is 0 Å². The molecule has 0 aromatic carbocycles. The monoisotopic (exact) mass is 302 g/mol. The third-order valence-corrected chi connectivity index (χ3v) is 3.54. The summed E-state index contributed by atoms with van der Waals surface area (Å²) in [5, 5.41) is 6.01. The number of H-pyrrole nitrogens is 1. The Hall–Kier alpha value is -1.41. The van der Waals surface area contributed by atoms with Crippen molar-refractivity contribution in [2.24, 2.45) is 0 Å². The summed E-state index contributed by atoms with van der Waals surface area (Å²) >= 11 is 3.21. The molecular weight excluding hydrogens is 296 g/mol. The Morgan fingerprint density at radius 3 is 2.69 bits per heavy atom. The van der Waals surface area contributed by atoms with E-state index in [-0.39, 0.29) is 10.7 Å². The molecule has 0 unspecified atom stereocenters. The lowest BCUT2D eigenvalue weighted by molar-refractivity contribution is 0.601. The van der Waals surface area contributed by atoms with Crippen LogP contribution >= 0.6 is 15.9 Å². The topological polar surface area (TPSA) is 87.7 Å². The van der Waals surface area contributed by atoms with Crippen LogP contribution in [0.15, 0.2) is 40.1 Å². The number of hydrogen-bond donors (Lipinski definition) is 2. The fourth-order valence-electron chi connectivity index (χ4n) is 1.02. The maximum atomic E-state index is 11.7. The van der Waals surface area contributed by atoms with Crippen molar-refractivity contribution >= 4 is 31.8 Å². The van der Waals surface area contributed by atoms with Gasteiger partial charge in [-0.3, -0.25) is 9.82 Å². The van der Waals surface area contributed by atoms with Crippen LogP contribution in [-0.2, 0) is 10.0 Å². The summed E-state index contributed by atoms with van der Waals surface area (Å²) in [5.41, 5.74) is 0. The second-order valence-electron chi connectivity index (χ2n) is 2.90. The van der Waals surface area contributed by atoms with Crippen LogP contribution in [0, 0.1) is 0 Å². The molecule has 0 atom stereocenters. The Morgan fingerprint density at radius 2 is 2.12 bits per heavy atom. The maximum Gasteiger partial charge on any atom is 0.266 e. The van der Waals surface area contributed by atoms with E-state index in [2.05, 4.69) is 35.8 Å². The van der Waals surface area contributed by atoms with Gasteiger partial charge in [0.15, 0.2) is 0 Å². The average Bonchev–Trinajstić information content (AvgIpc) is 2.75. The summed E-state index contributed by atoms with van der Waals surface area (Å²) in [6.45, 7) is 0. The minimum Gasteiger partial charge on any atom is -0.284 e. The van der Waals surface area contributed by atoms with Crippen LogP contribution in [0.4, 0.5) is 5.82 Å². The lowest BCUT2D eigenvalue weighted by Crippen LogP contribution is -2.13. The highest BCUT2D eigenvalue weighted by Crippen LogP contribution is 2.14. The lowest BCUT2D eigenvalue weighted by atomic mass is 10.5. The smallest absolute Gasteiger partial charge is 0.266 e. The Kier molecular flexibility index (Phi) is 2.92.